The lowest BCUT2D eigenvalue weighted by Crippen LogP contribution is -2.41. The molecule has 12 aromatic rings. The van der Waals surface area contributed by atoms with Crippen LogP contribution in [0.25, 0.3) is 97.7 Å². The third kappa shape index (κ3) is 5.32. The van der Waals surface area contributed by atoms with Crippen molar-refractivity contribution in [1.29, 1.82) is 0 Å². The first-order chi connectivity index (χ1) is 28.1. The molecule has 0 atom stereocenters. The van der Waals surface area contributed by atoms with Crippen molar-refractivity contribution in [2.45, 2.75) is 0 Å². The van der Waals surface area contributed by atoms with Gasteiger partial charge in [0.2, 0.25) is 0 Å². The van der Waals surface area contributed by atoms with Crippen molar-refractivity contribution in [3.63, 3.8) is 0 Å². The Hall–Kier alpha value is -3.25. The molecular weight excluding hydrogens is 980 g/mol. The van der Waals surface area contributed by atoms with Crippen LogP contribution in [0.4, 0.5) is 0 Å². The highest BCUT2D eigenvalue weighted by Crippen LogP contribution is 2.42. The largest absolute Gasteiger partial charge is 0.756 e. The lowest BCUT2D eigenvalue weighted by Gasteiger charge is -2.23. The molecule has 0 N–H and O–H groups in total. The molecule has 260 valence electrons. The number of hydrogen-bond acceptors (Lipinski definition) is 0. The maximum atomic E-state index is 3.01. The maximum Gasteiger partial charge on any atom is 0.756 e. The van der Waals surface area contributed by atoms with Gasteiger partial charge in [0.25, 0.3) is 0 Å². The van der Waals surface area contributed by atoms with Crippen LogP contribution < -0.4 is 13.3 Å². The minimum Gasteiger partial charge on any atom is -0.395 e. The standard InChI is InChI=1S/3C16H9N.4Al.2HI/c3*1-2-6-12-11(5-1)9-10-15-16(12)13-7-3-4-8-14(13)17-15;;;;;;/h3*1-3,5-10H;;;;;2*1H/q3*-1;;2*+1;+3;;/p-2. The van der Waals surface area contributed by atoms with E-state index in [1.165, 1.54) is 111 Å². The van der Waals surface area contributed by atoms with Crippen LogP contribution >= 0.6 is 40.5 Å². The van der Waals surface area contributed by atoms with Crippen LogP contribution in [0.3, 0.4) is 0 Å². The molecule has 0 saturated carbocycles. The van der Waals surface area contributed by atoms with Gasteiger partial charge in [-0.2, -0.15) is 0 Å². The summed E-state index contributed by atoms with van der Waals surface area (Å²) >= 11 is 5.82. The van der Waals surface area contributed by atoms with Gasteiger partial charge in [-0.3, -0.25) is 0 Å². The number of fused-ring (bicyclic) bond motifs is 15. The Morgan fingerprint density at radius 3 is 1.14 bits per heavy atom. The normalized spacial score (nSPS) is 12.1. The average Bonchev–Trinajstić information content (AvgIpc) is 3.89. The number of aromatic nitrogens is 3. The summed E-state index contributed by atoms with van der Waals surface area (Å²) in [5, 5.41) is 15.7. The van der Waals surface area contributed by atoms with E-state index in [9.17, 15) is 0 Å². The second-order valence-corrected chi connectivity index (χ2v) is 23.5. The van der Waals surface area contributed by atoms with E-state index in [-0.39, 0.29) is 23.9 Å². The van der Waals surface area contributed by atoms with Crippen molar-refractivity contribution < 1.29 is 0 Å². The van der Waals surface area contributed by atoms with E-state index >= 15 is 0 Å². The molecule has 0 unspecified atom stereocenters. The number of benzene rings is 9. The van der Waals surface area contributed by atoms with Crippen LogP contribution in [0.2, 0.25) is 0 Å². The molecule has 9 aromatic carbocycles. The van der Waals surface area contributed by atoms with Crippen molar-refractivity contribution in [1.82, 2.24) is 10.7 Å². The quantitative estimate of drug-likeness (QED) is 0.121. The van der Waals surface area contributed by atoms with Gasteiger partial charge in [-0.1, -0.05) is 146 Å². The highest BCUT2D eigenvalue weighted by Gasteiger charge is 2.40. The molecule has 0 saturated heterocycles. The van der Waals surface area contributed by atoms with Gasteiger partial charge in [0, 0.05) is 65.4 Å². The van der Waals surface area contributed by atoms with E-state index in [2.05, 4.69) is 231 Å². The van der Waals surface area contributed by atoms with Gasteiger partial charge < -0.3 is 10.7 Å². The molecule has 12 rings (SSSR count). The maximum absolute atomic E-state index is 3.01. The molecule has 3 aromatic heterocycles. The Morgan fingerprint density at radius 2 is 0.737 bits per heavy atom. The molecule has 0 aliphatic rings. The van der Waals surface area contributed by atoms with E-state index in [1.54, 1.807) is 0 Å². The second kappa shape index (κ2) is 13.9. The summed E-state index contributed by atoms with van der Waals surface area (Å²) in [7, 11) is 0. The van der Waals surface area contributed by atoms with Crippen molar-refractivity contribution >= 4 is 207 Å². The summed E-state index contributed by atoms with van der Waals surface area (Å²) in [4.78, 5) is 0. The van der Waals surface area contributed by atoms with E-state index in [1.807, 2.05) is 0 Å². The summed E-state index contributed by atoms with van der Waals surface area (Å²) in [6.45, 7) is 0. The van der Waals surface area contributed by atoms with Crippen molar-refractivity contribution in [3.8, 4) is 0 Å². The summed E-state index contributed by atoms with van der Waals surface area (Å²) in [5.74, 6) is 0. The number of halogens is 2. The Balaban J connectivity index is 1.37. The molecule has 0 aliphatic carbocycles. The topological polar surface area (TPSA) is 14.8 Å². The van der Waals surface area contributed by atoms with Gasteiger partial charge in [0.05, 0.1) is 0 Å². The van der Waals surface area contributed by atoms with E-state index < -0.39 is 14.8 Å². The zero-order chi connectivity index (χ0) is 37.9. The fourth-order valence-corrected chi connectivity index (χ4v) is 16.6. The van der Waals surface area contributed by atoms with Crippen LogP contribution in [0.5, 0.6) is 0 Å². The van der Waals surface area contributed by atoms with Crippen molar-refractivity contribution in [2.75, 3.05) is 0 Å². The smallest absolute Gasteiger partial charge is 0.395 e. The lowest BCUT2D eigenvalue weighted by molar-refractivity contribution is 1.08. The lowest BCUT2D eigenvalue weighted by atomic mass is 10.0. The molecule has 0 aliphatic heterocycles. The fourth-order valence-electron chi connectivity index (χ4n) is 9.73. The number of rotatable bonds is 5. The Morgan fingerprint density at radius 1 is 0.368 bits per heavy atom. The van der Waals surface area contributed by atoms with Gasteiger partial charge in [-0.15, -0.1) is 13.3 Å². The van der Waals surface area contributed by atoms with Gasteiger partial charge in [-0.25, -0.2) is 40.5 Å². The molecule has 0 fully saturated rings. The predicted molar refractivity (Wildman–Crippen MR) is 267 cm³/mol. The fraction of sp³-hybridized carbons (Fsp3) is 0. The minimum atomic E-state index is -2.63. The third-order valence-electron chi connectivity index (χ3n) is 12.1. The first-order valence-electron chi connectivity index (χ1n) is 19.1. The molecule has 0 spiro atoms. The molecule has 0 bridgehead atoms. The average molecular weight is 1010 g/mol. The van der Waals surface area contributed by atoms with Gasteiger partial charge in [-0.05, 0) is 50.5 Å². The second-order valence-electron chi connectivity index (χ2n) is 15.0. The zero-order valence-corrected chi connectivity index (χ0v) is 39.4. The molecule has 3 heterocycles. The summed E-state index contributed by atoms with van der Waals surface area (Å²) in [6.07, 6.45) is 0. The highest BCUT2D eigenvalue weighted by molar-refractivity contribution is 14.1. The van der Waals surface area contributed by atoms with Crippen molar-refractivity contribution in [2.24, 2.45) is 0 Å². The van der Waals surface area contributed by atoms with E-state index in [0.717, 1.165) is 0 Å². The Bertz CT molecular complexity index is 3500. The SMILES string of the molecule is [Al][c]1ccc2c3c4ccccc4ccc3[n]([Al]([n]3c4c[c]([Al][I])ccc4c4c5ccccc5ccc43)[n]3c4c[c]([Al][I])ccc4c4c5ccccc5ccc43)c2c1. The van der Waals surface area contributed by atoms with Gasteiger partial charge >= 0.3 is 38.7 Å². The highest BCUT2D eigenvalue weighted by atomic mass is 127. The number of hydrogen-bond donors (Lipinski definition) is 0. The monoisotopic (exact) mass is 1010 g/mol. The minimum absolute atomic E-state index is 0.105. The zero-order valence-electron chi connectivity index (χ0n) is 30.5. The number of nitrogens with zero attached hydrogens (tertiary/aromatic N) is 3. The predicted octanol–water partition coefficient (Wildman–Crippen LogP) is 10.6. The van der Waals surface area contributed by atoms with Crippen LogP contribution in [-0.2, 0) is 0 Å². The third-order valence-corrected chi connectivity index (χ3v) is 21.0. The molecule has 3 nitrogen and oxygen atoms in total. The van der Waals surface area contributed by atoms with Crippen LogP contribution in [0.15, 0.2) is 164 Å². The summed E-state index contributed by atoms with van der Waals surface area (Å²) < 4.78 is 12.5. The molecule has 4 radical (unpaired) electrons. The van der Waals surface area contributed by atoms with Gasteiger partial charge in [0.1, 0.15) is 0 Å². The van der Waals surface area contributed by atoms with Crippen LogP contribution in [0, 0.1) is 0 Å². The van der Waals surface area contributed by atoms with Crippen LogP contribution in [0.1, 0.15) is 0 Å². The molecular formula is C48H27Al4I2N3. The van der Waals surface area contributed by atoms with Gasteiger partial charge in [0.15, 0.2) is 16.3 Å². The summed E-state index contributed by atoms with van der Waals surface area (Å²) in [5.41, 5.74) is 7.81. The Labute approximate surface area is 376 Å². The molecule has 9 heteroatoms. The molecule has 57 heavy (non-hydrogen) atoms. The first-order valence-corrected chi connectivity index (χ1v) is 30.7. The Kier molecular flexibility index (Phi) is 8.71. The summed E-state index contributed by atoms with van der Waals surface area (Å²) in [6, 6.07) is 62.8. The van der Waals surface area contributed by atoms with E-state index in [0.29, 0.717) is 0 Å². The van der Waals surface area contributed by atoms with E-state index in [4.69, 9.17) is 0 Å². The molecule has 0 amide bonds. The van der Waals surface area contributed by atoms with Crippen molar-refractivity contribution in [3.05, 3.63) is 164 Å². The van der Waals surface area contributed by atoms with Crippen LogP contribution in [-0.4, -0.2) is 65.6 Å². The first kappa shape index (κ1) is 35.7.